The molecule has 0 bridgehead atoms. The van der Waals surface area contributed by atoms with Gasteiger partial charge in [-0.15, -0.1) is 0 Å². The number of esters is 1. The lowest BCUT2D eigenvalue weighted by Crippen LogP contribution is -2.47. The summed E-state index contributed by atoms with van der Waals surface area (Å²) in [4.78, 5) is 16.7. The summed E-state index contributed by atoms with van der Waals surface area (Å²) in [5.74, 6) is -0.668. The lowest BCUT2D eigenvalue weighted by molar-refractivity contribution is -0.164. The molecule has 4 nitrogen and oxygen atoms in total. The number of hydrogen-bond acceptors (Lipinski definition) is 4. The topological polar surface area (TPSA) is 41.6 Å². The minimum Gasteiger partial charge on any atom is -0.460 e. The fourth-order valence-corrected chi connectivity index (χ4v) is 5.68. The van der Waals surface area contributed by atoms with Crippen molar-refractivity contribution >= 4 is 11.7 Å². The summed E-state index contributed by atoms with van der Waals surface area (Å²) >= 11 is 0. The number of hydrogen-bond donors (Lipinski definition) is 1. The molecule has 5 rings (SSSR count). The van der Waals surface area contributed by atoms with Gasteiger partial charge in [-0.1, -0.05) is 109 Å². The predicted molar refractivity (Wildman–Crippen MR) is 158 cm³/mol. The molecular formula is C35H38N2O2. The van der Waals surface area contributed by atoms with Gasteiger partial charge in [0.1, 0.15) is 11.5 Å². The maximum Gasteiger partial charge on any atom is 0.313 e. The Morgan fingerprint density at radius 3 is 2.03 bits per heavy atom. The van der Waals surface area contributed by atoms with Crippen LogP contribution in [0, 0.1) is 5.92 Å². The smallest absolute Gasteiger partial charge is 0.313 e. The Kier molecular flexibility index (Phi) is 7.85. The van der Waals surface area contributed by atoms with E-state index in [1.54, 1.807) is 0 Å². The molecule has 1 N–H and O–H groups in total. The van der Waals surface area contributed by atoms with Crippen molar-refractivity contribution in [2.45, 2.75) is 58.0 Å². The van der Waals surface area contributed by atoms with Gasteiger partial charge in [-0.25, -0.2) is 0 Å². The number of anilines is 1. The van der Waals surface area contributed by atoms with Crippen molar-refractivity contribution in [2.75, 3.05) is 5.32 Å². The van der Waals surface area contributed by atoms with E-state index in [-0.39, 0.29) is 24.1 Å². The molecule has 0 aliphatic carbocycles. The Morgan fingerprint density at radius 1 is 0.821 bits per heavy atom. The second kappa shape index (κ2) is 11.5. The van der Waals surface area contributed by atoms with E-state index in [2.05, 4.69) is 102 Å². The summed E-state index contributed by atoms with van der Waals surface area (Å²) in [6.45, 7) is 8.76. The van der Waals surface area contributed by atoms with E-state index in [0.717, 1.165) is 16.8 Å². The molecule has 0 saturated heterocycles. The standard InChI is InChI=1S/C35H38N2O2/c1-25(27-18-10-6-11-19-27)37(24-26-16-8-5-9-17-26)33-29-22-14-15-23-30(29)36-32(28-20-12-7-13-21-28)31(33)34(38)39-35(2,3)4/h5-23,25,31-33,36H,24H2,1-4H3/t25-,31-,32+,33-/m1/s1. The number of nitrogens with one attached hydrogen (secondary N) is 1. The summed E-state index contributed by atoms with van der Waals surface area (Å²) in [6.07, 6.45) is 0. The fraction of sp³-hybridized carbons (Fsp3) is 0.286. The minimum absolute atomic E-state index is 0.0453. The van der Waals surface area contributed by atoms with E-state index in [1.165, 1.54) is 11.1 Å². The van der Waals surface area contributed by atoms with Crippen LogP contribution in [0.15, 0.2) is 115 Å². The third kappa shape index (κ3) is 6.07. The Morgan fingerprint density at radius 2 is 1.38 bits per heavy atom. The van der Waals surface area contributed by atoms with Crippen LogP contribution >= 0.6 is 0 Å². The molecule has 4 atom stereocenters. The maximum atomic E-state index is 14.2. The molecule has 39 heavy (non-hydrogen) atoms. The number of fused-ring (bicyclic) bond motifs is 1. The SMILES string of the molecule is C[C@H](c1ccccc1)N(Cc1ccccc1)[C@@H]1c2ccccc2N[C@@H](c2ccccc2)[C@H]1C(=O)OC(C)(C)C. The van der Waals surface area contributed by atoms with Crippen molar-refractivity contribution in [1.82, 2.24) is 4.90 Å². The molecule has 0 spiro atoms. The Labute approximate surface area is 232 Å². The average Bonchev–Trinajstić information content (AvgIpc) is 2.95. The number of carbonyl (C=O) groups is 1. The molecule has 1 heterocycles. The third-order valence-corrected chi connectivity index (χ3v) is 7.47. The first-order valence-electron chi connectivity index (χ1n) is 13.8. The van der Waals surface area contributed by atoms with E-state index in [9.17, 15) is 4.79 Å². The normalized spacial score (nSPS) is 19.6. The zero-order chi connectivity index (χ0) is 27.4. The van der Waals surface area contributed by atoms with Crippen molar-refractivity contribution < 1.29 is 9.53 Å². The van der Waals surface area contributed by atoms with E-state index in [1.807, 2.05) is 51.1 Å². The van der Waals surface area contributed by atoms with Crippen molar-refractivity contribution in [1.29, 1.82) is 0 Å². The number of benzene rings is 4. The summed E-state index contributed by atoms with van der Waals surface area (Å²) < 4.78 is 6.15. The van der Waals surface area contributed by atoms with Crippen molar-refractivity contribution in [3.8, 4) is 0 Å². The van der Waals surface area contributed by atoms with Crippen LogP contribution in [-0.4, -0.2) is 16.5 Å². The number of ether oxygens (including phenoxy) is 1. The third-order valence-electron chi connectivity index (χ3n) is 7.47. The van der Waals surface area contributed by atoms with Crippen LogP contribution in [0.25, 0.3) is 0 Å². The van der Waals surface area contributed by atoms with Crippen LogP contribution in [0.4, 0.5) is 5.69 Å². The second-order valence-corrected chi connectivity index (χ2v) is 11.4. The quantitative estimate of drug-likeness (QED) is 0.251. The van der Waals surface area contributed by atoms with E-state index in [0.29, 0.717) is 6.54 Å². The summed E-state index contributed by atoms with van der Waals surface area (Å²) in [6, 6.07) is 39.3. The van der Waals surface area contributed by atoms with Gasteiger partial charge in [0.25, 0.3) is 0 Å². The highest BCUT2D eigenvalue weighted by Crippen LogP contribution is 2.49. The lowest BCUT2D eigenvalue weighted by Gasteiger charge is -2.47. The van der Waals surface area contributed by atoms with Gasteiger partial charge in [0, 0.05) is 18.3 Å². The van der Waals surface area contributed by atoms with Crippen molar-refractivity contribution in [2.24, 2.45) is 5.92 Å². The van der Waals surface area contributed by atoms with Gasteiger partial charge in [0.15, 0.2) is 0 Å². The van der Waals surface area contributed by atoms with Gasteiger partial charge in [-0.3, -0.25) is 9.69 Å². The molecule has 0 aromatic heterocycles. The number of rotatable bonds is 7. The van der Waals surface area contributed by atoms with Crippen LogP contribution < -0.4 is 5.32 Å². The van der Waals surface area contributed by atoms with Crippen LogP contribution in [0.2, 0.25) is 0 Å². The molecule has 0 fully saturated rings. The highest BCUT2D eigenvalue weighted by atomic mass is 16.6. The zero-order valence-electron chi connectivity index (χ0n) is 23.2. The van der Waals surface area contributed by atoms with E-state index in [4.69, 9.17) is 4.74 Å². The van der Waals surface area contributed by atoms with E-state index >= 15 is 0 Å². The Hall–Kier alpha value is -3.89. The van der Waals surface area contributed by atoms with E-state index < -0.39 is 11.5 Å². The van der Waals surface area contributed by atoms with Crippen LogP contribution in [0.1, 0.15) is 68.1 Å². The van der Waals surface area contributed by atoms with Crippen LogP contribution in [-0.2, 0) is 16.1 Å². The molecule has 4 aromatic carbocycles. The molecule has 200 valence electrons. The number of carbonyl (C=O) groups excluding carboxylic acids is 1. The first-order chi connectivity index (χ1) is 18.8. The first kappa shape index (κ1) is 26.7. The molecule has 1 aliphatic heterocycles. The maximum absolute atomic E-state index is 14.2. The second-order valence-electron chi connectivity index (χ2n) is 11.4. The Balaban J connectivity index is 1.70. The molecule has 4 aromatic rings. The molecule has 0 amide bonds. The van der Waals surface area contributed by atoms with Crippen LogP contribution in [0.5, 0.6) is 0 Å². The van der Waals surface area contributed by atoms with Gasteiger partial charge in [-0.05, 0) is 56.0 Å². The van der Waals surface area contributed by atoms with Crippen molar-refractivity contribution in [3.63, 3.8) is 0 Å². The largest absolute Gasteiger partial charge is 0.460 e. The molecular weight excluding hydrogens is 480 g/mol. The lowest BCUT2D eigenvalue weighted by atomic mass is 9.77. The average molecular weight is 519 g/mol. The van der Waals surface area contributed by atoms with Crippen molar-refractivity contribution in [3.05, 3.63) is 138 Å². The monoisotopic (exact) mass is 518 g/mol. The fourth-order valence-electron chi connectivity index (χ4n) is 5.68. The summed E-state index contributed by atoms with van der Waals surface area (Å²) in [5, 5.41) is 3.73. The number of nitrogens with zero attached hydrogens (tertiary/aromatic N) is 1. The number of para-hydroxylation sites is 1. The first-order valence-corrected chi connectivity index (χ1v) is 13.8. The Bertz CT molecular complexity index is 1370. The highest BCUT2D eigenvalue weighted by Gasteiger charge is 2.47. The molecule has 0 unspecified atom stereocenters. The van der Waals surface area contributed by atoms with Gasteiger partial charge < -0.3 is 10.1 Å². The predicted octanol–water partition coefficient (Wildman–Crippen LogP) is 8.12. The molecule has 1 aliphatic rings. The minimum atomic E-state index is -0.602. The van der Waals surface area contributed by atoms with Crippen LogP contribution in [0.3, 0.4) is 0 Å². The molecule has 4 heteroatoms. The van der Waals surface area contributed by atoms with Gasteiger partial charge in [-0.2, -0.15) is 0 Å². The molecule has 0 radical (unpaired) electrons. The highest BCUT2D eigenvalue weighted by molar-refractivity contribution is 5.78. The summed E-state index contributed by atoms with van der Waals surface area (Å²) in [5.41, 5.74) is 5.04. The zero-order valence-corrected chi connectivity index (χ0v) is 23.2. The van der Waals surface area contributed by atoms with Gasteiger partial charge in [0.2, 0.25) is 0 Å². The van der Waals surface area contributed by atoms with Gasteiger partial charge >= 0.3 is 5.97 Å². The summed E-state index contributed by atoms with van der Waals surface area (Å²) in [7, 11) is 0. The molecule has 0 saturated carbocycles. The van der Waals surface area contributed by atoms with Gasteiger partial charge in [0.05, 0.1) is 12.1 Å².